The number of aromatic nitrogens is 1. The van der Waals surface area contributed by atoms with Crippen LogP contribution in [0.2, 0.25) is 0 Å². The van der Waals surface area contributed by atoms with Gasteiger partial charge >= 0.3 is 0 Å². The second-order valence-electron chi connectivity index (χ2n) is 6.07. The fourth-order valence-electron chi connectivity index (χ4n) is 3.57. The van der Waals surface area contributed by atoms with Crippen LogP contribution >= 0.6 is 15.9 Å². The molecule has 1 aromatic heterocycles. The molecule has 4 heteroatoms. The van der Waals surface area contributed by atoms with E-state index in [1.54, 1.807) is 0 Å². The lowest BCUT2D eigenvalue weighted by Gasteiger charge is -2.48. The van der Waals surface area contributed by atoms with Gasteiger partial charge in [-0.1, -0.05) is 6.92 Å². The SMILES string of the molecule is CCNC(c1ccc(Br)cn1)C1CCOC2(CCC2)C1. The van der Waals surface area contributed by atoms with Crippen LogP contribution in [0.4, 0.5) is 0 Å². The Morgan fingerprint density at radius 3 is 2.95 bits per heavy atom. The Kier molecular flexibility index (Phi) is 4.43. The molecule has 2 fully saturated rings. The Labute approximate surface area is 129 Å². The summed E-state index contributed by atoms with van der Waals surface area (Å²) < 4.78 is 7.10. The second-order valence-corrected chi connectivity index (χ2v) is 6.99. The molecule has 3 nitrogen and oxygen atoms in total. The van der Waals surface area contributed by atoms with Gasteiger partial charge in [0.25, 0.3) is 0 Å². The zero-order valence-electron chi connectivity index (χ0n) is 12.1. The van der Waals surface area contributed by atoms with Crippen LogP contribution in [-0.2, 0) is 4.74 Å². The molecule has 2 atom stereocenters. The van der Waals surface area contributed by atoms with E-state index in [9.17, 15) is 0 Å². The number of hydrogen-bond donors (Lipinski definition) is 1. The maximum atomic E-state index is 6.06. The van der Waals surface area contributed by atoms with E-state index >= 15 is 0 Å². The third kappa shape index (κ3) is 2.92. The van der Waals surface area contributed by atoms with Gasteiger partial charge in [0.05, 0.1) is 17.3 Å². The number of nitrogens with zero attached hydrogens (tertiary/aromatic N) is 1. The van der Waals surface area contributed by atoms with Gasteiger partial charge < -0.3 is 10.1 Å². The van der Waals surface area contributed by atoms with Gasteiger partial charge in [0.15, 0.2) is 0 Å². The number of pyridine rings is 1. The van der Waals surface area contributed by atoms with Crippen LogP contribution in [0.25, 0.3) is 0 Å². The molecule has 0 amide bonds. The van der Waals surface area contributed by atoms with Crippen LogP contribution in [0.1, 0.15) is 50.8 Å². The highest BCUT2D eigenvalue weighted by Crippen LogP contribution is 2.47. The van der Waals surface area contributed by atoms with E-state index in [2.05, 4.69) is 45.3 Å². The monoisotopic (exact) mass is 338 g/mol. The maximum absolute atomic E-state index is 6.06. The molecule has 1 spiro atoms. The standard InChI is InChI=1S/C16H23BrN2O/c1-2-18-15(14-5-4-13(17)11-19-14)12-6-9-20-16(10-12)7-3-8-16/h4-5,11-12,15,18H,2-3,6-10H2,1H3. The van der Waals surface area contributed by atoms with Gasteiger partial charge in [-0.25, -0.2) is 0 Å². The molecule has 3 rings (SSSR count). The first kappa shape index (κ1) is 14.5. The van der Waals surface area contributed by atoms with Crippen LogP contribution in [0.15, 0.2) is 22.8 Å². The highest BCUT2D eigenvalue weighted by atomic mass is 79.9. The highest BCUT2D eigenvalue weighted by Gasteiger charge is 2.44. The number of hydrogen-bond acceptors (Lipinski definition) is 3. The summed E-state index contributed by atoms with van der Waals surface area (Å²) in [6.07, 6.45) is 8.04. The molecule has 1 aliphatic heterocycles. The highest BCUT2D eigenvalue weighted by molar-refractivity contribution is 9.10. The smallest absolute Gasteiger partial charge is 0.0686 e. The van der Waals surface area contributed by atoms with Crippen LogP contribution < -0.4 is 5.32 Å². The molecular weight excluding hydrogens is 316 g/mol. The van der Waals surface area contributed by atoms with Crippen molar-refractivity contribution >= 4 is 15.9 Å². The summed E-state index contributed by atoms with van der Waals surface area (Å²) in [5, 5.41) is 3.64. The topological polar surface area (TPSA) is 34.2 Å². The van der Waals surface area contributed by atoms with Gasteiger partial charge in [0.2, 0.25) is 0 Å². The van der Waals surface area contributed by atoms with Crippen molar-refractivity contribution in [2.24, 2.45) is 5.92 Å². The second kappa shape index (κ2) is 6.12. The molecule has 1 saturated heterocycles. The largest absolute Gasteiger partial charge is 0.375 e. The number of halogens is 1. The maximum Gasteiger partial charge on any atom is 0.0686 e. The average Bonchev–Trinajstić information content (AvgIpc) is 2.44. The lowest BCUT2D eigenvalue weighted by atomic mass is 9.70. The van der Waals surface area contributed by atoms with E-state index in [0.29, 0.717) is 12.0 Å². The number of nitrogens with one attached hydrogen (secondary N) is 1. The molecule has 2 unspecified atom stereocenters. The summed E-state index contributed by atoms with van der Waals surface area (Å²) in [6, 6.07) is 4.58. The van der Waals surface area contributed by atoms with E-state index in [4.69, 9.17) is 4.74 Å². The van der Waals surface area contributed by atoms with Crippen molar-refractivity contribution in [1.82, 2.24) is 10.3 Å². The van der Waals surface area contributed by atoms with Crippen molar-refractivity contribution in [1.29, 1.82) is 0 Å². The molecule has 1 saturated carbocycles. The molecule has 2 aliphatic rings. The third-order valence-corrected chi connectivity index (χ3v) is 5.23. The van der Waals surface area contributed by atoms with Gasteiger partial charge in [-0.2, -0.15) is 0 Å². The van der Waals surface area contributed by atoms with Gasteiger partial charge in [0.1, 0.15) is 0 Å². The summed E-state index contributed by atoms with van der Waals surface area (Å²) in [6.45, 7) is 4.06. The van der Waals surface area contributed by atoms with Crippen molar-refractivity contribution in [3.63, 3.8) is 0 Å². The Morgan fingerprint density at radius 1 is 1.50 bits per heavy atom. The summed E-state index contributed by atoms with van der Waals surface area (Å²) in [4.78, 5) is 4.61. The number of rotatable bonds is 4. The molecule has 0 bridgehead atoms. The van der Waals surface area contributed by atoms with E-state index < -0.39 is 0 Å². The van der Waals surface area contributed by atoms with Crippen molar-refractivity contribution in [3.8, 4) is 0 Å². The van der Waals surface area contributed by atoms with Crippen LogP contribution in [0, 0.1) is 5.92 Å². The minimum Gasteiger partial charge on any atom is -0.375 e. The van der Waals surface area contributed by atoms with E-state index in [-0.39, 0.29) is 5.60 Å². The normalized spacial score (nSPS) is 26.2. The van der Waals surface area contributed by atoms with Gasteiger partial charge in [0, 0.05) is 17.3 Å². The molecule has 110 valence electrons. The Bertz CT molecular complexity index is 444. The minimum atomic E-state index is 0.200. The van der Waals surface area contributed by atoms with Crippen LogP contribution in [-0.4, -0.2) is 23.7 Å². The van der Waals surface area contributed by atoms with Gasteiger partial charge in [-0.3, -0.25) is 4.98 Å². The summed E-state index contributed by atoms with van der Waals surface area (Å²) in [5.41, 5.74) is 1.36. The predicted molar refractivity (Wildman–Crippen MR) is 83.6 cm³/mol. The molecule has 1 N–H and O–H groups in total. The molecule has 2 heterocycles. The summed E-state index contributed by atoms with van der Waals surface area (Å²) >= 11 is 3.47. The Hall–Kier alpha value is -0.450. The summed E-state index contributed by atoms with van der Waals surface area (Å²) in [7, 11) is 0. The van der Waals surface area contributed by atoms with E-state index in [1.807, 2.05) is 6.20 Å². The Morgan fingerprint density at radius 2 is 2.35 bits per heavy atom. The first-order chi connectivity index (χ1) is 9.72. The molecule has 20 heavy (non-hydrogen) atoms. The first-order valence-electron chi connectivity index (χ1n) is 7.71. The van der Waals surface area contributed by atoms with Crippen molar-refractivity contribution in [2.75, 3.05) is 13.2 Å². The van der Waals surface area contributed by atoms with Gasteiger partial charge in [-0.05, 0) is 72.6 Å². The zero-order valence-corrected chi connectivity index (χ0v) is 13.7. The fraction of sp³-hybridized carbons (Fsp3) is 0.688. The molecule has 0 radical (unpaired) electrons. The van der Waals surface area contributed by atoms with E-state index in [0.717, 1.165) is 29.7 Å². The van der Waals surface area contributed by atoms with Crippen molar-refractivity contribution in [2.45, 2.75) is 50.7 Å². The average molecular weight is 339 g/mol. The predicted octanol–water partition coefficient (Wildman–Crippen LogP) is 3.84. The lowest BCUT2D eigenvalue weighted by molar-refractivity contribution is -0.147. The number of ether oxygens (including phenoxy) is 1. The van der Waals surface area contributed by atoms with Crippen molar-refractivity contribution < 1.29 is 4.74 Å². The van der Waals surface area contributed by atoms with E-state index in [1.165, 1.54) is 25.7 Å². The zero-order chi connectivity index (χ0) is 14.0. The van der Waals surface area contributed by atoms with Crippen LogP contribution in [0.3, 0.4) is 0 Å². The molecule has 0 aromatic carbocycles. The van der Waals surface area contributed by atoms with Crippen molar-refractivity contribution in [3.05, 3.63) is 28.5 Å². The minimum absolute atomic E-state index is 0.200. The lowest BCUT2D eigenvalue weighted by Crippen LogP contribution is -2.48. The van der Waals surface area contributed by atoms with Crippen LogP contribution in [0.5, 0.6) is 0 Å². The molecule has 1 aliphatic carbocycles. The first-order valence-corrected chi connectivity index (χ1v) is 8.50. The third-order valence-electron chi connectivity index (χ3n) is 4.76. The fourth-order valence-corrected chi connectivity index (χ4v) is 3.81. The molecule has 1 aromatic rings. The molecular formula is C16H23BrN2O. The quantitative estimate of drug-likeness (QED) is 0.905. The summed E-state index contributed by atoms with van der Waals surface area (Å²) in [5.74, 6) is 0.637. The van der Waals surface area contributed by atoms with Gasteiger partial charge in [-0.15, -0.1) is 0 Å². The Balaban J connectivity index is 1.77.